The molecule has 1 heterocycles. The number of carbonyl (C=O) groups is 7. The number of carbonyl (C=O) groups excluding carboxylic acids is 2. The van der Waals surface area contributed by atoms with E-state index in [0.29, 0.717) is 48.5 Å². The lowest BCUT2D eigenvalue weighted by molar-refractivity contribution is -0.193. The molecule has 0 aliphatic carbocycles. The van der Waals surface area contributed by atoms with E-state index in [1.54, 1.807) is 41.3 Å². The number of aryl methyl sites for hydroxylation is 1. The number of fused-ring (bicyclic) bond motifs is 2. The molecular weight excluding hydrogens is 952 g/mol. The summed E-state index contributed by atoms with van der Waals surface area (Å²) in [5, 5.41) is 43.7. The molecule has 0 radical (unpaired) electrons. The normalized spacial score (nSPS) is 12.5. The number of benzene rings is 4. The predicted molar refractivity (Wildman–Crippen MR) is 230 cm³/mol. The second-order valence-electron chi connectivity index (χ2n) is 14.4. The van der Waals surface area contributed by atoms with Gasteiger partial charge in [0.25, 0.3) is 5.91 Å². The van der Waals surface area contributed by atoms with Crippen LogP contribution in [0.15, 0.2) is 96.0 Å². The minimum atomic E-state index is -5.08. The van der Waals surface area contributed by atoms with Gasteiger partial charge in [-0.2, -0.15) is 26.3 Å². The molecule has 9 N–H and O–H groups in total. The van der Waals surface area contributed by atoms with Gasteiger partial charge in [0.05, 0.1) is 30.0 Å². The van der Waals surface area contributed by atoms with Gasteiger partial charge in [0.2, 0.25) is 0 Å². The van der Waals surface area contributed by atoms with Crippen molar-refractivity contribution in [2.24, 2.45) is 16.5 Å². The van der Waals surface area contributed by atoms with Crippen molar-refractivity contribution in [1.29, 1.82) is 0 Å². The van der Waals surface area contributed by atoms with Gasteiger partial charge in [-0.3, -0.25) is 19.3 Å². The molecular formula is C44H43F6N5O15. The minimum Gasteiger partial charge on any atom is -0.492 e. The Morgan fingerprint density at radius 1 is 0.757 bits per heavy atom. The number of aliphatic carboxylic acids is 5. The number of alkyl halides is 6. The number of aliphatic imine (C=N–C) groups is 1. The van der Waals surface area contributed by atoms with E-state index in [9.17, 15) is 65.6 Å². The molecule has 0 fully saturated rings. The molecule has 1 atom stereocenters. The molecule has 376 valence electrons. The van der Waals surface area contributed by atoms with Crippen LogP contribution in [0.5, 0.6) is 17.2 Å². The highest BCUT2D eigenvalue weighted by Crippen LogP contribution is 2.35. The van der Waals surface area contributed by atoms with Gasteiger partial charge in [0.15, 0.2) is 17.5 Å². The molecule has 0 aromatic heterocycles. The van der Waals surface area contributed by atoms with Gasteiger partial charge in [0.1, 0.15) is 24.9 Å². The molecule has 1 unspecified atom stereocenters. The van der Waals surface area contributed by atoms with Crippen LogP contribution < -0.4 is 25.7 Å². The molecule has 0 spiro atoms. The summed E-state index contributed by atoms with van der Waals surface area (Å²) in [4.78, 5) is 87.9. The number of carboxylic acids is 5. The SMILES string of the molecule is NC(N)=Nc1ccc2c(c1)CCCOc1c(cccc1C(=O)N(CC(=O)O)C(Cc1ccc(OCCN(CC(=O)O)Cc3ccccc3)cc1)C(=O)O)OC2=O.O=C(O)C(F)(F)F.O=C(O)C(F)(F)F. The summed E-state index contributed by atoms with van der Waals surface area (Å²) in [6, 6.07) is 23.1. The monoisotopic (exact) mass is 995 g/mol. The van der Waals surface area contributed by atoms with Gasteiger partial charge in [-0.25, -0.2) is 24.2 Å². The lowest BCUT2D eigenvalue weighted by Crippen LogP contribution is -2.48. The van der Waals surface area contributed by atoms with E-state index in [1.165, 1.54) is 24.3 Å². The Morgan fingerprint density at radius 3 is 1.90 bits per heavy atom. The van der Waals surface area contributed by atoms with Crippen LogP contribution in [0.4, 0.5) is 32.0 Å². The van der Waals surface area contributed by atoms with Crippen molar-refractivity contribution in [3.05, 3.63) is 119 Å². The molecule has 1 amide bonds. The number of halogens is 6. The van der Waals surface area contributed by atoms with Crippen molar-refractivity contribution in [3.63, 3.8) is 0 Å². The predicted octanol–water partition coefficient (Wildman–Crippen LogP) is 4.59. The third-order valence-electron chi connectivity index (χ3n) is 9.17. The smallest absolute Gasteiger partial charge is 0.490 e. The van der Waals surface area contributed by atoms with Crippen LogP contribution in [0.1, 0.15) is 43.8 Å². The van der Waals surface area contributed by atoms with Crippen molar-refractivity contribution >= 4 is 53.4 Å². The van der Waals surface area contributed by atoms with Gasteiger partial charge >= 0.3 is 48.2 Å². The number of guanidine groups is 1. The second kappa shape index (κ2) is 25.6. The van der Waals surface area contributed by atoms with E-state index in [2.05, 4.69) is 4.99 Å². The van der Waals surface area contributed by atoms with Gasteiger partial charge < -0.3 is 56.1 Å². The summed E-state index contributed by atoms with van der Waals surface area (Å²) in [7, 11) is 0. The highest BCUT2D eigenvalue weighted by atomic mass is 19.4. The summed E-state index contributed by atoms with van der Waals surface area (Å²) in [5.74, 6) is -11.1. The maximum absolute atomic E-state index is 14.1. The van der Waals surface area contributed by atoms with Crippen molar-refractivity contribution in [2.75, 3.05) is 32.8 Å². The standard InChI is InChI=1S/C40H41N5O11.2C2HF3O2/c41-40(42)43-28-13-16-30-27(21-28)8-5-18-55-36-31(9-4-10-33(36)56-39(30)53)37(50)45(24-35(48)49)32(38(51)52)20-25-11-14-29(15-12-25)54-19-17-44(23-34(46)47)22-26-6-2-1-3-7-26;2*3-2(4,5)1(6)7/h1-4,6-7,9-16,21,32H,5,8,17-20,22-24H2,(H,46,47)(H,48,49)(H,51,52)(H4,41,42,43);2*(H,6,7). The van der Waals surface area contributed by atoms with Gasteiger partial charge in [-0.1, -0.05) is 48.5 Å². The molecule has 0 saturated heterocycles. The van der Waals surface area contributed by atoms with Gasteiger partial charge in [-0.05, 0) is 72.0 Å². The van der Waals surface area contributed by atoms with Crippen molar-refractivity contribution in [3.8, 4) is 17.2 Å². The Hall–Kier alpha value is -8.42. The summed E-state index contributed by atoms with van der Waals surface area (Å²) >= 11 is 0. The first kappa shape index (κ1) is 55.9. The Labute approximate surface area is 391 Å². The molecule has 70 heavy (non-hydrogen) atoms. The quantitative estimate of drug-likeness (QED) is 0.0265. The number of hydrogen-bond donors (Lipinski definition) is 7. The number of esters is 1. The van der Waals surface area contributed by atoms with Crippen molar-refractivity contribution in [2.45, 2.75) is 44.2 Å². The fraction of sp³-hybridized carbons (Fsp3) is 0.273. The summed E-state index contributed by atoms with van der Waals surface area (Å²) in [6.45, 7) is -0.178. The van der Waals surface area contributed by atoms with E-state index >= 15 is 0 Å². The minimum absolute atomic E-state index is 0.0567. The average molecular weight is 996 g/mol. The fourth-order valence-corrected chi connectivity index (χ4v) is 6.15. The number of carboxylic acid groups (broad SMARTS) is 5. The van der Waals surface area contributed by atoms with Crippen LogP contribution in [-0.2, 0) is 43.4 Å². The molecule has 5 rings (SSSR count). The summed E-state index contributed by atoms with van der Waals surface area (Å²) in [6.07, 6.45) is -9.68. The average Bonchev–Trinajstić information content (AvgIpc) is 3.26. The number of nitrogens with zero attached hydrogens (tertiary/aromatic N) is 3. The Balaban J connectivity index is 0.000000806. The highest BCUT2D eigenvalue weighted by Gasteiger charge is 2.39. The number of rotatable bonds is 16. The maximum Gasteiger partial charge on any atom is 0.490 e. The molecule has 0 saturated carbocycles. The lowest BCUT2D eigenvalue weighted by atomic mass is 10.0. The summed E-state index contributed by atoms with van der Waals surface area (Å²) in [5.41, 5.74) is 13.5. The van der Waals surface area contributed by atoms with Crippen LogP contribution in [-0.4, -0.2) is 134 Å². The van der Waals surface area contributed by atoms with Crippen LogP contribution in [0.25, 0.3) is 0 Å². The van der Waals surface area contributed by atoms with E-state index < -0.39 is 66.7 Å². The van der Waals surface area contributed by atoms with Crippen LogP contribution in [0.3, 0.4) is 0 Å². The molecule has 26 heteroatoms. The topological polar surface area (TPSA) is 319 Å². The second-order valence-corrected chi connectivity index (χ2v) is 14.4. The number of ether oxygens (including phenoxy) is 3. The zero-order valence-electron chi connectivity index (χ0n) is 36.2. The third-order valence-corrected chi connectivity index (χ3v) is 9.17. The first-order valence-electron chi connectivity index (χ1n) is 20.0. The van der Waals surface area contributed by atoms with E-state index in [4.69, 9.17) is 45.5 Å². The highest BCUT2D eigenvalue weighted by molar-refractivity contribution is 6.02. The zero-order chi connectivity index (χ0) is 52.3. The Morgan fingerprint density at radius 2 is 1.36 bits per heavy atom. The van der Waals surface area contributed by atoms with Crippen LogP contribution in [0, 0.1) is 0 Å². The van der Waals surface area contributed by atoms with Crippen molar-refractivity contribution in [1.82, 2.24) is 9.80 Å². The number of para-hydroxylation sites is 1. The first-order chi connectivity index (χ1) is 32.8. The largest absolute Gasteiger partial charge is 0.492 e. The molecule has 1 aliphatic rings. The first-order valence-corrected chi connectivity index (χ1v) is 20.0. The lowest BCUT2D eigenvalue weighted by Gasteiger charge is -2.29. The zero-order valence-corrected chi connectivity index (χ0v) is 36.2. The number of nitrogens with two attached hydrogens (primary N) is 2. The molecule has 1 aliphatic heterocycles. The van der Waals surface area contributed by atoms with Crippen LogP contribution >= 0.6 is 0 Å². The van der Waals surface area contributed by atoms with Crippen molar-refractivity contribution < 1.29 is 99.6 Å². The molecule has 0 bridgehead atoms. The number of amides is 1. The van der Waals surface area contributed by atoms with E-state index in [1.807, 2.05) is 30.3 Å². The van der Waals surface area contributed by atoms with Crippen LogP contribution in [0.2, 0.25) is 0 Å². The molecule has 20 nitrogen and oxygen atoms in total. The van der Waals surface area contributed by atoms with Gasteiger partial charge in [0, 0.05) is 19.5 Å². The third kappa shape index (κ3) is 18.3. The summed E-state index contributed by atoms with van der Waals surface area (Å²) < 4.78 is 81.0. The Bertz CT molecular complexity index is 2500. The molecule has 4 aromatic rings. The van der Waals surface area contributed by atoms with E-state index in [0.717, 1.165) is 10.5 Å². The Kier molecular flexibility index (Phi) is 20.5. The number of hydrogen-bond acceptors (Lipinski definition) is 12. The maximum atomic E-state index is 14.1. The fourth-order valence-electron chi connectivity index (χ4n) is 6.15. The van der Waals surface area contributed by atoms with E-state index in [-0.39, 0.29) is 54.8 Å². The molecule has 4 aromatic carbocycles. The van der Waals surface area contributed by atoms with Gasteiger partial charge in [-0.15, -0.1) is 0 Å².